The number of rotatable bonds is 2. The summed E-state index contributed by atoms with van der Waals surface area (Å²) >= 11 is 1.61. The maximum atomic E-state index is 11.1. The first-order valence-corrected chi connectivity index (χ1v) is 6.61. The zero-order valence-electron chi connectivity index (χ0n) is 9.19. The van der Waals surface area contributed by atoms with Gasteiger partial charge in [-0.1, -0.05) is 31.0 Å². The third kappa shape index (κ3) is 3.09. The van der Waals surface area contributed by atoms with E-state index in [4.69, 9.17) is 5.73 Å². The minimum absolute atomic E-state index is 0.0975. The number of thioether (sulfide) groups is 1. The fraction of sp³-hybridized carbons (Fsp3) is 0.636. The second kappa shape index (κ2) is 5.50. The summed E-state index contributed by atoms with van der Waals surface area (Å²) in [5.74, 6) is 0. The number of hydrogen-bond acceptors (Lipinski definition) is 4. The summed E-state index contributed by atoms with van der Waals surface area (Å²) < 4.78 is 0. The maximum Gasteiger partial charge on any atom is 0.251 e. The van der Waals surface area contributed by atoms with Crippen molar-refractivity contribution in [2.45, 2.75) is 48.6 Å². The normalized spacial score (nSPS) is 26.3. The lowest BCUT2D eigenvalue weighted by molar-refractivity contribution is 0.595. The van der Waals surface area contributed by atoms with E-state index in [0.29, 0.717) is 10.4 Å². The van der Waals surface area contributed by atoms with E-state index >= 15 is 0 Å². The molecule has 1 aromatic rings. The van der Waals surface area contributed by atoms with Crippen molar-refractivity contribution in [1.82, 2.24) is 9.97 Å². The first kappa shape index (κ1) is 11.7. The lowest BCUT2D eigenvalue weighted by atomic mass is 10.1. The Morgan fingerprint density at radius 2 is 2.19 bits per heavy atom. The van der Waals surface area contributed by atoms with E-state index in [1.54, 1.807) is 18.0 Å². The summed E-state index contributed by atoms with van der Waals surface area (Å²) in [5, 5.41) is 1.07. The molecule has 5 heteroatoms. The predicted molar refractivity (Wildman–Crippen MR) is 65.6 cm³/mol. The minimum atomic E-state index is -0.0975. The molecule has 0 aliphatic heterocycles. The summed E-state index contributed by atoms with van der Waals surface area (Å²) in [6.07, 6.45) is 7.45. The topological polar surface area (TPSA) is 71.8 Å². The van der Waals surface area contributed by atoms with Gasteiger partial charge in [0.25, 0.3) is 5.56 Å². The molecule has 0 aromatic carbocycles. The molecule has 0 bridgehead atoms. The van der Waals surface area contributed by atoms with Gasteiger partial charge in [0.05, 0.1) is 0 Å². The van der Waals surface area contributed by atoms with Crippen LogP contribution in [-0.4, -0.2) is 21.3 Å². The summed E-state index contributed by atoms with van der Waals surface area (Å²) in [6, 6.07) is 1.65. The molecule has 4 nitrogen and oxygen atoms in total. The highest BCUT2D eigenvalue weighted by molar-refractivity contribution is 7.99. The second-order valence-corrected chi connectivity index (χ2v) is 5.43. The Labute approximate surface area is 99.0 Å². The van der Waals surface area contributed by atoms with Crippen LogP contribution in [-0.2, 0) is 0 Å². The van der Waals surface area contributed by atoms with Crippen LogP contribution in [0.5, 0.6) is 0 Å². The van der Waals surface area contributed by atoms with Crippen LogP contribution in [0.3, 0.4) is 0 Å². The average Bonchev–Trinajstić information content (AvgIpc) is 2.45. The van der Waals surface area contributed by atoms with Crippen LogP contribution in [0.1, 0.15) is 32.1 Å². The number of nitrogens with one attached hydrogen (secondary N) is 1. The van der Waals surface area contributed by atoms with Gasteiger partial charge in [-0.15, -0.1) is 0 Å². The average molecular weight is 239 g/mol. The van der Waals surface area contributed by atoms with E-state index in [-0.39, 0.29) is 11.6 Å². The van der Waals surface area contributed by atoms with Crippen molar-refractivity contribution in [3.63, 3.8) is 0 Å². The predicted octanol–water partition coefficient (Wildman–Crippen LogP) is 1.52. The Morgan fingerprint density at radius 3 is 3.00 bits per heavy atom. The third-order valence-corrected chi connectivity index (χ3v) is 4.23. The fourth-order valence-electron chi connectivity index (χ4n) is 2.00. The summed E-state index contributed by atoms with van der Waals surface area (Å²) in [7, 11) is 0. The molecule has 88 valence electrons. The quantitative estimate of drug-likeness (QED) is 0.606. The van der Waals surface area contributed by atoms with Crippen molar-refractivity contribution < 1.29 is 0 Å². The van der Waals surface area contributed by atoms with Crippen LogP contribution in [0, 0.1) is 0 Å². The molecule has 2 atom stereocenters. The lowest BCUT2D eigenvalue weighted by Crippen LogP contribution is -2.31. The van der Waals surface area contributed by atoms with Crippen LogP contribution in [0.4, 0.5) is 0 Å². The highest BCUT2D eigenvalue weighted by Gasteiger charge is 2.22. The molecule has 0 spiro atoms. The van der Waals surface area contributed by atoms with E-state index in [0.717, 1.165) is 12.8 Å². The van der Waals surface area contributed by atoms with E-state index in [1.165, 1.54) is 25.3 Å². The van der Waals surface area contributed by atoms with Gasteiger partial charge >= 0.3 is 0 Å². The van der Waals surface area contributed by atoms with Crippen molar-refractivity contribution in [1.29, 1.82) is 0 Å². The van der Waals surface area contributed by atoms with Crippen LogP contribution >= 0.6 is 11.8 Å². The number of nitrogens with two attached hydrogens (primary N) is 1. The van der Waals surface area contributed by atoms with Crippen molar-refractivity contribution >= 4 is 11.8 Å². The molecular formula is C11H17N3OS. The van der Waals surface area contributed by atoms with Gasteiger partial charge in [0.15, 0.2) is 5.16 Å². The van der Waals surface area contributed by atoms with Gasteiger partial charge in [-0.25, -0.2) is 4.98 Å². The second-order valence-electron chi connectivity index (χ2n) is 4.20. The van der Waals surface area contributed by atoms with Gasteiger partial charge in [-0.3, -0.25) is 4.79 Å². The van der Waals surface area contributed by atoms with Gasteiger partial charge in [-0.05, 0) is 12.8 Å². The Morgan fingerprint density at radius 1 is 1.38 bits per heavy atom. The molecule has 2 unspecified atom stereocenters. The number of H-pyrrole nitrogens is 1. The molecule has 0 amide bonds. The largest absolute Gasteiger partial charge is 0.327 e. The van der Waals surface area contributed by atoms with Crippen LogP contribution in [0.2, 0.25) is 0 Å². The molecule has 1 aliphatic carbocycles. The molecule has 0 saturated heterocycles. The monoisotopic (exact) mass is 239 g/mol. The summed E-state index contributed by atoms with van der Waals surface area (Å²) in [4.78, 5) is 18.0. The standard InChI is InChI=1S/C11H17N3OS/c12-8-4-2-1-3-5-9(8)16-11-13-7-6-10(15)14-11/h6-9H,1-5,12H2,(H,13,14,15). The van der Waals surface area contributed by atoms with Crippen LogP contribution < -0.4 is 11.3 Å². The molecule has 1 saturated carbocycles. The Bertz CT molecular complexity index is 393. The van der Waals surface area contributed by atoms with Gasteiger partial charge in [0.2, 0.25) is 0 Å². The van der Waals surface area contributed by atoms with Gasteiger partial charge in [0, 0.05) is 23.6 Å². The molecule has 1 aliphatic rings. The molecule has 16 heavy (non-hydrogen) atoms. The number of aromatic amines is 1. The molecule has 1 fully saturated rings. The highest BCUT2D eigenvalue weighted by atomic mass is 32.2. The maximum absolute atomic E-state index is 11.1. The van der Waals surface area contributed by atoms with Crippen molar-refractivity contribution in [3.8, 4) is 0 Å². The van der Waals surface area contributed by atoms with Crippen LogP contribution in [0.15, 0.2) is 22.2 Å². The molecule has 2 rings (SSSR count). The Balaban J connectivity index is 2.04. The van der Waals surface area contributed by atoms with Gasteiger partial charge in [-0.2, -0.15) is 0 Å². The van der Waals surface area contributed by atoms with E-state index in [9.17, 15) is 4.79 Å². The van der Waals surface area contributed by atoms with Crippen molar-refractivity contribution in [2.24, 2.45) is 5.73 Å². The lowest BCUT2D eigenvalue weighted by Gasteiger charge is -2.19. The van der Waals surface area contributed by atoms with Crippen molar-refractivity contribution in [2.75, 3.05) is 0 Å². The fourth-order valence-corrected chi connectivity index (χ4v) is 3.17. The van der Waals surface area contributed by atoms with Gasteiger partial charge < -0.3 is 10.7 Å². The summed E-state index contributed by atoms with van der Waals surface area (Å²) in [6.45, 7) is 0. The number of aromatic nitrogens is 2. The number of nitrogens with zero attached hydrogens (tertiary/aromatic N) is 1. The summed E-state index contributed by atoms with van der Waals surface area (Å²) in [5.41, 5.74) is 6.03. The zero-order valence-corrected chi connectivity index (χ0v) is 10.0. The highest BCUT2D eigenvalue weighted by Crippen LogP contribution is 2.29. The zero-order chi connectivity index (χ0) is 11.4. The van der Waals surface area contributed by atoms with E-state index in [2.05, 4.69) is 9.97 Å². The van der Waals surface area contributed by atoms with E-state index < -0.39 is 0 Å². The minimum Gasteiger partial charge on any atom is -0.327 e. The first-order chi connectivity index (χ1) is 7.75. The first-order valence-electron chi connectivity index (χ1n) is 5.73. The SMILES string of the molecule is NC1CCCCCC1Sc1nccc(=O)[nH]1. The molecule has 1 aromatic heterocycles. The van der Waals surface area contributed by atoms with E-state index in [1.807, 2.05) is 0 Å². The molecule has 3 N–H and O–H groups in total. The van der Waals surface area contributed by atoms with Crippen molar-refractivity contribution in [3.05, 3.63) is 22.6 Å². The number of hydrogen-bond donors (Lipinski definition) is 2. The Kier molecular flexibility index (Phi) is 4.01. The molecule has 1 heterocycles. The van der Waals surface area contributed by atoms with Crippen LogP contribution in [0.25, 0.3) is 0 Å². The Hall–Kier alpha value is -0.810. The smallest absolute Gasteiger partial charge is 0.251 e. The molecular weight excluding hydrogens is 222 g/mol. The third-order valence-electron chi connectivity index (χ3n) is 2.91. The van der Waals surface area contributed by atoms with Gasteiger partial charge in [0.1, 0.15) is 0 Å². The molecule has 0 radical (unpaired) electrons.